The average Bonchev–Trinajstić information content (AvgIpc) is 3.19. The molecule has 2 aliphatic rings. The first-order valence-electron chi connectivity index (χ1n) is 8.32. The van der Waals surface area contributed by atoms with Crippen molar-refractivity contribution in [3.8, 4) is 0 Å². The monoisotopic (exact) mass is 342 g/mol. The van der Waals surface area contributed by atoms with Gasteiger partial charge in [-0.05, 0) is 25.5 Å². The van der Waals surface area contributed by atoms with Crippen LogP contribution in [0.15, 0.2) is 23.5 Å². The second-order valence-corrected chi connectivity index (χ2v) is 6.17. The number of hydrogen-bond acceptors (Lipinski definition) is 5. The molecule has 1 unspecified atom stereocenters. The molecule has 2 amide bonds. The van der Waals surface area contributed by atoms with Crippen LogP contribution in [0.2, 0.25) is 6.32 Å². The number of carbonyl (C=O) groups excluding carboxylic acids is 2. The van der Waals surface area contributed by atoms with E-state index in [-0.39, 0.29) is 12.1 Å². The number of hydrogen-bond donors (Lipinski definition) is 0. The van der Waals surface area contributed by atoms with Crippen molar-refractivity contribution in [2.24, 2.45) is 5.16 Å². The Balaban J connectivity index is 1.60. The molecular formula is C16H21BN5O3. The summed E-state index contributed by atoms with van der Waals surface area (Å²) >= 11 is 0. The third-order valence-corrected chi connectivity index (χ3v) is 4.37. The summed E-state index contributed by atoms with van der Waals surface area (Å²) in [6, 6.07) is 2.03. The molecule has 0 aliphatic carbocycles. The van der Waals surface area contributed by atoms with E-state index in [0.29, 0.717) is 25.2 Å². The lowest BCUT2D eigenvalue weighted by Crippen LogP contribution is -2.31. The van der Waals surface area contributed by atoms with E-state index in [0.717, 1.165) is 30.5 Å². The summed E-state index contributed by atoms with van der Waals surface area (Å²) in [5.41, 5.74) is 2.40. The highest BCUT2D eigenvalue weighted by molar-refractivity contribution is 6.66. The van der Waals surface area contributed by atoms with Gasteiger partial charge in [-0.3, -0.25) is 0 Å². The van der Waals surface area contributed by atoms with Gasteiger partial charge in [0.1, 0.15) is 18.0 Å². The van der Waals surface area contributed by atoms with Crippen molar-refractivity contribution in [2.45, 2.75) is 25.7 Å². The number of oxime groups is 1. The molecule has 1 atom stereocenters. The van der Waals surface area contributed by atoms with Gasteiger partial charge in [0.15, 0.2) is 7.28 Å². The van der Waals surface area contributed by atoms with Crippen LogP contribution in [0, 0.1) is 0 Å². The first kappa shape index (κ1) is 17.3. The number of amides is 2. The van der Waals surface area contributed by atoms with Gasteiger partial charge in [0, 0.05) is 19.8 Å². The van der Waals surface area contributed by atoms with Crippen molar-refractivity contribution in [2.75, 3.05) is 26.7 Å². The number of fused-ring (bicyclic) bond motifs is 2. The largest absolute Gasteiger partial charge is 0.396 e. The lowest BCUT2D eigenvalue weighted by molar-refractivity contribution is 0.145. The smallest absolute Gasteiger partial charge is 0.320 e. The predicted molar refractivity (Wildman–Crippen MR) is 95.1 cm³/mol. The van der Waals surface area contributed by atoms with Crippen LogP contribution in [0.1, 0.15) is 19.0 Å². The molecule has 25 heavy (non-hydrogen) atoms. The van der Waals surface area contributed by atoms with Crippen molar-refractivity contribution in [1.82, 2.24) is 19.6 Å². The van der Waals surface area contributed by atoms with Crippen LogP contribution in [0.3, 0.4) is 0 Å². The lowest BCUT2D eigenvalue weighted by atomic mass is 9.76. The minimum atomic E-state index is 0.0570. The van der Waals surface area contributed by atoms with Gasteiger partial charge < -0.3 is 19.4 Å². The topological polar surface area (TPSA) is 80.0 Å². The van der Waals surface area contributed by atoms with Gasteiger partial charge in [-0.25, -0.2) is 9.48 Å². The van der Waals surface area contributed by atoms with E-state index in [2.05, 4.69) is 16.3 Å². The normalized spacial score (nSPS) is 19.9. The second-order valence-electron chi connectivity index (χ2n) is 6.17. The summed E-state index contributed by atoms with van der Waals surface area (Å²) in [4.78, 5) is 31.0. The standard InChI is InChI=1S/C16H21BN5O3/c1-12(19-25-7-3-5-17-11-23)15-4-6-22(18-15)14-8-13-9-21(10-14)16(24)20(13)2/h4,6,8,11,13H,3,5,7,9-10H2,1-2H3/b19-12-. The summed E-state index contributed by atoms with van der Waals surface area (Å²) in [7, 11) is 3.38. The first-order chi connectivity index (χ1) is 12.1. The van der Waals surface area contributed by atoms with Crippen molar-refractivity contribution in [1.29, 1.82) is 0 Å². The zero-order valence-corrected chi connectivity index (χ0v) is 14.5. The molecule has 0 saturated carbocycles. The molecule has 2 bridgehead atoms. The Bertz CT molecular complexity index is 714. The third-order valence-electron chi connectivity index (χ3n) is 4.37. The van der Waals surface area contributed by atoms with Crippen LogP contribution < -0.4 is 0 Å². The molecule has 2 aliphatic heterocycles. The Kier molecular flexibility index (Phi) is 5.21. The number of carbonyl (C=O) groups is 2. The highest BCUT2D eigenvalue weighted by atomic mass is 16.6. The van der Waals surface area contributed by atoms with Crippen molar-refractivity contribution in [3.63, 3.8) is 0 Å². The minimum Gasteiger partial charge on any atom is -0.396 e. The highest BCUT2D eigenvalue weighted by Gasteiger charge is 2.37. The molecule has 1 saturated heterocycles. The van der Waals surface area contributed by atoms with Crippen LogP contribution in [0.4, 0.5) is 4.79 Å². The van der Waals surface area contributed by atoms with Gasteiger partial charge in [0.25, 0.3) is 0 Å². The number of nitrogens with zero attached hydrogens (tertiary/aromatic N) is 5. The maximum Gasteiger partial charge on any atom is 0.320 e. The van der Waals surface area contributed by atoms with Crippen LogP contribution in [0.5, 0.6) is 0 Å². The quantitative estimate of drug-likeness (QED) is 0.231. The zero-order chi connectivity index (χ0) is 17.8. The summed E-state index contributed by atoms with van der Waals surface area (Å²) < 4.78 is 1.79. The lowest BCUT2D eigenvalue weighted by Gasteiger charge is -2.21. The molecule has 0 N–H and O–H groups in total. The molecular weight excluding hydrogens is 321 g/mol. The van der Waals surface area contributed by atoms with Crippen LogP contribution >= 0.6 is 0 Å². The van der Waals surface area contributed by atoms with E-state index in [4.69, 9.17) is 4.84 Å². The molecule has 1 fully saturated rings. The molecule has 1 radical (unpaired) electrons. The fourth-order valence-corrected chi connectivity index (χ4v) is 2.91. The molecule has 1 aromatic rings. The van der Waals surface area contributed by atoms with E-state index in [1.807, 2.05) is 31.1 Å². The minimum absolute atomic E-state index is 0.0570. The van der Waals surface area contributed by atoms with Gasteiger partial charge in [0.2, 0.25) is 0 Å². The highest BCUT2D eigenvalue weighted by Crippen LogP contribution is 2.24. The molecule has 1 aromatic heterocycles. The van der Waals surface area contributed by atoms with Crippen LogP contribution in [-0.2, 0) is 9.63 Å². The fourth-order valence-electron chi connectivity index (χ4n) is 2.91. The average molecular weight is 342 g/mol. The van der Waals surface area contributed by atoms with Gasteiger partial charge in [0.05, 0.1) is 24.5 Å². The van der Waals surface area contributed by atoms with E-state index in [1.165, 1.54) is 0 Å². The molecule has 3 heterocycles. The molecule has 3 rings (SSSR count). The molecule has 131 valence electrons. The molecule has 8 nitrogen and oxygen atoms in total. The number of aromatic nitrogens is 2. The fraction of sp³-hybridized carbons (Fsp3) is 0.500. The number of likely N-dealkylation sites (N-methyl/N-ethyl adjacent to an activating group) is 1. The Hall–Kier alpha value is -2.58. The summed E-state index contributed by atoms with van der Waals surface area (Å²) in [6.45, 7) is 3.59. The second kappa shape index (κ2) is 7.54. The van der Waals surface area contributed by atoms with Gasteiger partial charge in [-0.1, -0.05) is 11.5 Å². The van der Waals surface area contributed by atoms with Crippen molar-refractivity contribution < 1.29 is 14.4 Å². The summed E-state index contributed by atoms with van der Waals surface area (Å²) in [6.07, 6.45) is 6.18. The Labute approximate surface area is 147 Å². The van der Waals surface area contributed by atoms with E-state index in [1.54, 1.807) is 16.9 Å². The Morgan fingerprint density at radius 1 is 1.56 bits per heavy atom. The molecule has 0 aromatic carbocycles. The predicted octanol–water partition coefficient (Wildman–Crippen LogP) is 0.917. The van der Waals surface area contributed by atoms with Gasteiger partial charge in [-0.2, -0.15) is 5.10 Å². The summed E-state index contributed by atoms with van der Waals surface area (Å²) in [5, 5.41) is 8.60. The Morgan fingerprint density at radius 3 is 3.16 bits per heavy atom. The Morgan fingerprint density at radius 2 is 2.40 bits per heavy atom. The van der Waals surface area contributed by atoms with E-state index < -0.39 is 0 Å². The zero-order valence-electron chi connectivity index (χ0n) is 14.5. The van der Waals surface area contributed by atoms with Crippen LogP contribution in [-0.4, -0.2) is 77.6 Å². The first-order valence-corrected chi connectivity index (χ1v) is 8.32. The molecule has 0 spiro atoms. The maximum atomic E-state index is 12.0. The number of urea groups is 1. The summed E-state index contributed by atoms with van der Waals surface area (Å²) in [5.74, 6) is 0. The van der Waals surface area contributed by atoms with Gasteiger partial charge in [-0.15, -0.1) is 0 Å². The van der Waals surface area contributed by atoms with E-state index >= 15 is 0 Å². The van der Waals surface area contributed by atoms with Crippen LogP contribution in [0.25, 0.3) is 5.70 Å². The third kappa shape index (κ3) is 3.75. The van der Waals surface area contributed by atoms with Crippen molar-refractivity contribution >= 4 is 30.9 Å². The van der Waals surface area contributed by atoms with Crippen molar-refractivity contribution in [3.05, 3.63) is 24.0 Å². The number of rotatable bonds is 8. The molecule has 9 heteroatoms. The SMILES string of the molecule is C/C(=N/OCCC[B]C=O)c1ccn(C2=CC3CN(C2)C(=O)N3C)n1. The maximum absolute atomic E-state index is 12.0. The van der Waals surface area contributed by atoms with Gasteiger partial charge >= 0.3 is 6.03 Å². The van der Waals surface area contributed by atoms with E-state index in [9.17, 15) is 9.59 Å².